The minimum absolute atomic E-state index is 0.122. The highest BCUT2D eigenvalue weighted by Crippen LogP contribution is 2.50. The van der Waals surface area contributed by atoms with Crippen molar-refractivity contribution in [3.05, 3.63) is 64.7 Å². The van der Waals surface area contributed by atoms with Crippen LogP contribution in [0.1, 0.15) is 217 Å². The topological polar surface area (TPSA) is 78.0 Å². The van der Waals surface area contributed by atoms with E-state index in [1.54, 1.807) is 9.80 Å². The van der Waals surface area contributed by atoms with E-state index in [1.807, 2.05) is 18.2 Å². The van der Waals surface area contributed by atoms with Gasteiger partial charge in [-0.15, -0.1) is 0 Å². The summed E-state index contributed by atoms with van der Waals surface area (Å²) < 4.78 is 0. The highest BCUT2D eigenvalue weighted by Gasteiger charge is 2.41. The summed E-state index contributed by atoms with van der Waals surface area (Å²) in [5.74, 6) is -0.686. The van der Waals surface area contributed by atoms with Gasteiger partial charge in [0, 0.05) is 69.1 Å². The van der Waals surface area contributed by atoms with E-state index in [0.29, 0.717) is 22.3 Å². The number of anilines is 1. The summed E-state index contributed by atoms with van der Waals surface area (Å²) in [7, 11) is 0. The Balaban J connectivity index is 1.28. The van der Waals surface area contributed by atoms with Crippen molar-refractivity contribution in [2.24, 2.45) is 0 Å². The molecular formula is C55H71N3O4. The molecule has 0 aromatic heterocycles. The predicted molar refractivity (Wildman–Crippen MR) is 257 cm³/mol. The van der Waals surface area contributed by atoms with Gasteiger partial charge in [-0.25, -0.2) is 0 Å². The van der Waals surface area contributed by atoms with Gasteiger partial charge in [-0.3, -0.25) is 29.0 Å². The Labute approximate surface area is 370 Å². The number of benzene rings is 5. The number of fused-ring (bicyclic) bond motifs is 2. The van der Waals surface area contributed by atoms with Crippen molar-refractivity contribution in [3.63, 3.8) is 0 Å². The number of piperidine rings is 1. The van der Waals surface area contributed by atoms with Crippen molar-refractivity contribution in [1.82, 2.24) is 9.80 Å². The first-order valence-corrected chi connectivity index (χ1v) is 25.1. The minimum atomic E-state index is -0.176. The second-order valence-corrected chi connectivity index (χ2v) is 19.0. The van der Waals surface area contributed by atoms with Gasteiger partial charge in [-0.1, -0.05) is 149 Å². The van der Waals surface area contributed by atoms with E-state index in [2.05, 4.69) is 56.9 Å². The lowest BCUT2D eigenvalue weighted by molar-refractivity contribution is 0.0501. The van der Waals surface area contributed by atoms with Crippen molar-refractivity contribution in [3.8, 4) is 0 Å². The second-order valence-electron chi connectivity index (χ2n) is 19.0. The van der Waals surface area contributed by atoms with Crippen LogP contribution in [-0.2, 0) is 0 Å². The van der Waals surface area contributed by atoms with E-state index in [1.165, 1.54) is 6.42 Å². The van der Waals surface area contributed by atoms with Crippen LogP contribution in [0.15, 0.2) is 42.5 Å². The van der Waals surface area contributed by atoms with Gasteiger partial charge in [0.2, 0.25) is 0 Å². The number of nitrogens with zero attached hydrogens (tertiary/aromatic N) is 3. The van der Waals surface area contributed by atoms with E-state index >= 15 is 4.79 Å². The molecule has 7 heteroatoms. The Morgan fingerprint density at radius 2 is 0.790 bits per heavy atom. The Hall–Kier alpha value is -4.52. The summed E-state index contributed by atoms with van der Waals surface area (Å²) in [5, 5.41) is 7.32. The molecule has 0 aliphatic carbocycles. The molecule has 0 N–H and O–H groups in total. The molecule has 0 unspecified atom stereocenters. The zero-order valence-electron chi connectivity index (χ0n) is 38.3. The molecule has 5 aromatic carbocycles. The lowest BCUT2D eigenvalue weighted by atomic mass is 9.80. The number of hydrogen-bond acceptors (Lipinski definition) is 5. The maximum atomic E-state index is 15.1. The van der Waals surface area contributed by atoms with Crippen LogP contribution in [-0.4, -0.2) is 58.6 Å². The summed E-state index contributed by atoms with van der Waals surface area (Å²) >= 11 is 0. The summed E-state index contributed by atoms with van der Waals surface area (Å²) in [6.45, 7) is 10.6. The largest absolute Gasteiger partial charge is 0.371 e. The zero-order valence-corrected chi connectivity index (χ0v) is 38.3. The fraction of sp³-hybridized carbons (Fsp3) is 0.564. The van der Waals surface area contributed by atoms with Crippen molar-refractivity contribution in [1.29, 1.82) is 0 Å². The molecule has 330 valence electrons. The molecule has 0 radical (unpaired) electrons. The van der Waals surface area contributed by atoms with Crippen LogP contribution in [0.5, 0.6) is 0 Å². The normalized spacial score (nSPS) is 15.7. The molecular weight excluding hydrogens is 767 g/mol. The van der Waals surface area contributed by atoms with Crippen LogP contribution < -0.4 is 4.90 Å². The van der Waals surface area contributed by atoms with E-state index in [-0.39, 0.29) is 35.7 Å². The third-order valence-corrected chi connectivity index (χ3v) is 14.8. The lowest BCUT2D eigenvalue weighted by Gasteiger charge is -2.37. The first-order valence-electron chi connectivity index (χ1n) is 25.1. The van der Waals surface area contributed by atoms with Crippen molar-refractivity contribution in [2.45, 2.75) is 187 Å². The molecule has 0 bridgehead atoms. The Morgan fingerprint density at radius 1 is 0.403 bits per heavy atom. The van der Waals surface area contributed by atoms with Gasteiger partial charge in [0.1, 0.15) is 0 Å². The van der Waals surface area contributed by atoms with Crippen molar-refractivity contribution < 1.29 is 19.2 Å². The van der Waals surface area contributed by atoms with Gasteiger partial charge in [-0.05, 0) is 90.8 Å². The van der Waals surface area contributed by atoms with Crippen molar-refractivity contribution in [2.75, 3.05) is 18.0 Å². The Kier molecular flexibility index (Phi) is 14.2. The fourth-order valence-corrected chi connectivity index (χ4v) is 11.5. The summed E-state index contributed by atoms with van der Waals surface area (Å²) in [4.78, 5) is 65.4. The molecule has 1 saturated heterocycles. The van der Waals surface area contributed by atoms with E-state index in [0.717, 1.165) is 203 Å². The van der Waals surface area contributed by atoms with Crippen LogP contribution >= 0.6 is 0 Å². The van der Waals surface area contributed by atoms with Gasteiger partial charge in [0.05, 0.1) is 5.56 Å². The summed E-state index contributed by atoms with van der Waals surface area (Å²) in [6.07, 6.45) is 24.4. The smallest absolute Gasteiger partial charge is 0.261 e. The summed E-state index contributed by atoms with van der Waals surface area (Å²) in [6, 6.07) is 14.0. The number of carbonyl (C=O) groups is 4. The standard InChI is InChI=1S/C55H71N3O4/c1-5-9-13-18-24-37(25-19-14-10-6-2)57-52(59)42-31-28-39-40-29-32-44-49-45(55(62)58(54(44)61)38(26-20-15-11-7-3)27-21-16-12-8-4)36-46(56-34-22-17-23-35-56)50(51(40)49)41-30-33-43(53(57)60)48(42)47(39)41/h28-33,36-38H,5-27,34-35H2,1-4H3. The molecule has 3 heterocycles. The highest BCUT2D eigenvalue weighted by molar-refractivity contribution is 6.43. The Morgan fingerprint density at radius 3 is 1.23 bits per heavy atom. The molecule has 0 saturated carbocycles. The maximum Gasteiger partial charge on any atom is 0.261 e. The monoisotopic (exact) mass is 838 g/mol. The average Bonchev–Trinajstić information content (AvgIpc) is 3.29. The fourth-order valence-electron chi connectivity index (χ4n) is 11.5. The number of imide groups is 2. The number of rotatable bonds is 23. The number of amides is 4. The highest BCUT2D eigenvalue weighted by atomic mass is 16.2. The maximum absolute atomic E-state index is 15.1. The Bertz CT molecular complexity index is 2380. The summed E-state index contributed by atoms with van der Waals surface area (Å²) in [5.41, 5.74) is 3.47. The van der Waals surface area contributed by atoms with Crippen LogP contribution in [0.2, 0.25) is 0 Å². The minimum Gasteiger partial charge on any atom is -0.371 e. The molecule has 5 aromatic rings. The van der Waals surface area contributed by atoms with E-state index in [4.69, 9.17) is 0 Å². The van der Waals surface area contributed by atoms with Gasteiger partial charge in [0.25, 0.3) is 23.6 Å². The lowest BCUT2D eigenvalue weighted by Crippen LogP contribution is -2.47. The van der Waals surface area contributed by atoms with E-state index < -0.39 is 0 Å². The first kappa shape index (κ1) is 44.1. The third-order valence-electron chi connectivity index (χ3n) is 14.8. The van der Waals surface area contributed by atoms with Gasteiger partial charge >= 0.3 is 0 Å². The quantitative estimate of drug-likeness (QED) is 0.0283. The average molecular weight is 838 g/mol. The SMILES string of the molecule is CCCCCCC(CCCCCC)N1C(=O)c2ccc3c4ccc5c6c(cc(N7CCCCC7)c(c7ccc(c2c37)C1=O)c64)C(=O)N(C(CCCCCC)CCCCCC)C5=O. The third kappa shape index (κ3) is 8.11. The van der Waals surface area contributed by atoms with E-state index in [9.17, 15) is 14.4 Å². The second kappa shape index (κ2) is 19.9. The molecule has 4 amide bonds. The number of unbranched alkanes of at least 4 members (excludes halogenated alkanes) is 12. The molecule has 62 heavy (non-hydrogen) atoms. The molecule has 3 aliphatic heterocycles. The first-order chi connectivity index (χ1) is 30.4. The molecule has 7 nitrogen and oxygen atoms in total. The number of carbonyl (C=O) groups excluding carboxylic acids is 4. The molecule has 0 spiro atoms. The zero-order chi connectivity index (χ0) is 43.3. The van der Waals surface area contributed by atoms with Crippen LogP contribution in [0.25, 0.3) is 43.1 Å². The molecule has 8 rings (SSSR count). The van der Waals surface area contributed by atoms with Gasteiger partial charge in [-0.2, -0.15) is 0 Å². The van der Waals surface area contributed by atoms with Crippen molar-refractivity contribution >= 4 is 72.4 Å². The number of hydrogen-bond donors (Lipinski definition) is 0. The molecule has 3 aliphatic rings. The molecule has 0 atom stereocenters. The van der Waals surface area contributed by atoms with Gasteiger partial charge < -0.3 is 4.90 Å². The predicted octanol–water partition coefficient (Wildman–Crippen LogP) is 14.5. The van der Waals surface area contributed by atoms with Crippen LogP contribution in [0, 0.1) is 0 Å². The molecule has 1 fully saturated rings. The van der Waals surface area contributed by atoms with Gasteiger partial charge in [0.15, 0.2) is 0 Å². The van der Waals surface area contributed by atoms with Crippen LogP contribution in [0.3, 0.4) is 0 Å². The van der Waals surface area contributed by atoms with Crippen LogP contribution in [0.4, 0.5) is 5.69 Å².